The number of hydrogen-bond acceptors (Lipinski definition) is 5. The van der Waals surface area contributed by atoms with E-state index in [2.05, 4.69) is 37.2 Å². The van der Waals surface area contributed by atoms with Crippen molar-refractivity contribution < 1.29 is 23.2 Å². The Balaban J connectivity index is 0.00000289. The van der Waals surface area contributed by atoms with Crippen LogP contribution in [0.2, 0.25) is 0 Å². The molecule has 0 bridgehead atoms. The fourth-order valence-corrected chi connectivity index (χ4v) is 2.85. The maximum Gasteiger partial charge on any atom is 2.00 e. The SMILES string of the molecule is [2H]c1[c-]n(-c2cccc(C(C)(C)c3cccc(-n4[c-]c([2H])nc4[N+]#[C-])n3)n2)c(C#N)n1.[Pd+2]. The van der Waals surface area contributed by atoms with Crippen molar-refractivity contribution in [3.63, 3.8) is 0 Å². The fraction of sp³-hybridized carbons (Fsp3) is 0.143. The van der Waals surface area contributed by atoms with E-state index in [9.17, 15) is 5.26 Å². The molecule has 0 spiro atoms. The van der Waals surface area contributed by atoms with E-state index < -0.39 is 5.41 Å². The van der Waals surface area contributed by atoms with Gasteiger partial charge in [-0.1, -0.05) is 30.5 Å². The molecule has 0 N–H and O–H groups in total. The molecule has 4 rings (SSSR count). The summed E-state index contributed by atoms with van der Waals surface area (Å²) in [4.78, 5) is 20.3. The van der Waals surface area contributed by atoms with E-state index in [-0.39, 0.29) is 44.5 Å². The van der Waals surface area contributed by atoms with Gasteiger partial charge in [0.05, 0.1) is 20.8 Å². The first-order valence-electron chi connectivity index (χ1n) is 9.54. The predicted molar refractivity (Wildman–Crippen MR) is 103 cm³/mol. The van der Waals surface area contributed by atoms with Crippen molar-refractivity contribution in [2.75, 3.05) is 0 Å². The molecule has 0 amide bonds. The van der Waals surface area contributed by atoms with Crippen molar-refractivity contribution in [1.29, 1.82) is 5.26 Å². The first kappa shape index (κ1) is 18.4. The number of rotatable bonds is 4. The Kier molecular flexibility index (Phi) is 5.14. The molecule has 0 saturated heterocycles. The van der Waals surface area contributed by atoms with Gasteiger partial charge in [-0.05, 0) is 32.2 Å². The van der Waals surface area contributed by atoms with E-state index in [4.69, 9.17) is 9.31 Å². The summed E-state index contributed by atoms with van der Waals surface area (Å²) in [7, 11) is 0. The molecule has 9 heteroatoms. The molecule has 0 radical (unpaired) electrons. The van der Waals surface area contributed by atoms with Gasteiger partial charge in [0.15, 0.2) is 0 Å². The Hall–Kier alpha value is -3.64. The van der Waals surface area contributed by atoms with E-state index in [0.717, 1.165) is 0 Å². The van der Waals surface area contributed by atoms with Gasteiger partial charge in [-0.3, -0.25) is 9.97 Å². The summed E-state index contributed by atoms with van der Waals surface area (Å²) in [5, 5.41) is 9.26. The quantitative estimate of drug-likeness (QED) is 0.326. The Morgan fingerprint density at radius 2 is 1.60 bits per heavy atom. The number of nitriles is 1. The van der Waals surface area contributed by atoms with Crippen molar-refractivity contribution in [3.8, 4) is 17.7 Å². The Morgan fingerprint density at radius 1 is 1.03 bits per heavy atom. The summed E-state index contributed by atoms with van der Waals surface area (Å²) in [6.45, 7) is 11.2. The van der Waals surface area contributed by atoms with Crippen molar-refractivity contribution in [1.82, 2.24) is 29.1 Å². The van der Waals surface area contributed by atoms with Gasteiger partial charge in [0.2, 0.25) is 0 Å². The van der Waals surface area contributed by atoms with E-state index in [0.29, 0.717) is 23.0 Å². The van der Waals surface area contributed by atoms with Gasteiger partial charge in [-0.2, -0.15) is 4.98 Å². The monoisotopic (exact) mass is 486 g/mol. The molecule has 0 atom stereocenters. The molecule has 4 aromatic rings. The summed E-state index contributed by atoms with van der Waals surface area (Å²) >= 11 is 0. The van der Waals surface area contributed by atoms with Crippen LogP contribution in [-0.2, 0) is 25.8 Å². The number of imidazole rings is 2. The molecule has 0 fully saturated rings. The van der Waals surface area contributed by atoms with Gasteiger partial charge in [0.25, 0.3) is 0 Å². The van der Waals surface area contributed by atoms with Crippen LogP contribution in [-0.4, -0.2) is 29.1 Å². The van der Waals surface area contributed by atoms with Gasteiger partial charge >= 0.3 is 26.4 Å². The molecule has 0 aliphatic carbocycles. The number of aromatic nitrogens is 6. The van der Waals surface area contributed by atoms with Gasteiger partial charge in [0, 0.05) is 28.8 Å². The van der Waals surface area contributed by atoms with E-state index in [1.807, 2.05) is 32.0 Å². The zero-order valence-electron chi connectivity index (χ0n) is 17.9. The molecule has 0 saturated carbocycles. The van der Waals surface area contributed by atoms with E-state index in [1.165, 1.54) is 9.13 Å². The van der Waals surface area contributed by atoms with E-state index in [1.54, 1.807) is 24.3 Å². The molecule has 148 valence electrons. The zero-order chi connectivity index (χ0) is 22.2. The average Bonchev–Trinajstić information content (AvgIpc) is 3.35. The minimum atomic E-state index is -0.647. The summed E-state index contributed by atoms with van der Waals surface area (Å²) in [5.74, 6) is 0.883. The maximum atomic E-state index is 9.26. The van der Waals surface area contributed by atoms with Crippen LogP contribution in [0.4, 0.5) is 5.95 Å². The largest absolute Gasteiger partial charge is 2.00 e. The second-order valence-corrected chi connectivity index (χ2v) is 6.58. The normalized spacial score (nSPS) is 11.6. The van der Waals surface area contributed by atoms with Gasteiger partial charge in [-0.25, -0.2) is 5.26 Å². The van der Waals surface area contributed by atoms with Crippen LogP contribution in [0, 0.1) is 30.3 Å². The minimum absolute atomic E-state index is 0. The van der Waals surface area contributed by atoms with Crippen LogP contribution in [0.25, 0.3) is 16.5 Å². The van der Waals surface area contributed by atoms with Crippen molar-refractivity contribution in [2.24, 2.45) is 0 Å². The summed E-state index contributed by atoms with van der Waals surface area (Å²) in [6.07, 6.45) is 5.11. The maximum absolute atomic E-state index is 9.26. The second-order valence-electron chi connectivity index (χ2n) is 6.58. The topological polar surface area (TPSA) is 89.6 Å². The molecule has 4 aromatic heterocycles. The third-order valence-corrected chi connectivity index (χ3v) is 4.46. The van der Waals surface area contributed by atoms with Crippen LogP contribution in [0.5, 0.6) is 0 Å². The summed E-state index contributed by atoms with van der Waals surface area (Å²) in [6, 6.07) is 12.7. The van der Waals surface area contributed by atoms with Crippen molar-refractivity contribution in [2.45, 2.75) is 19.3 Å². The minimum Gasteiger partial charge on any atom is -0.438 e. The van der Waals surface area contributed by atoms with Crippen molar-refractivity contribution in [3.05, 3.63) is 89.8 Å². The first-order chi connectivity index (χ1) is 14.8. The molecular weight excluding hydrogens is 471 g/mol. The van der Waals surface area contributed by atoms with E-state index >= 15 is 0 Å². The molecule has 30 heavy (non-hydrogen) atoms. The van der Waals surface area contributed by atoms with Gasteiger partial charge in [-0.15, -0.1) is 6.57 Å². The number of nitrogens with zero attached hydrogens (tertiary/aromatic N) is 8. The zero-order valence-corrected chi connectivity index (χ0v) is 17.4. The first-order valence-corrected chi connectivity index (χ1v) is 8.54. The standard InChI is InChI=1S/C21H14N8.Pd/c1-21(2,15-6-4-8-17(26-15)28-12-10-24-19(28)14-22)16-7-5-9-18(27-16)29-13-11-25-20(29)23-3;/h4-11H,1-2H3;/q-2;+2/i10D,11D;. The van der Waals surface area contributed by atoms with Crippen LogP contribution in [0.3, 0.4) is 0 Å². The van der Waals surface area contributed by atoms with Crippen LogP contribution in [0.15, 0.2) is 48.7 Å². The van der Waals surface area contributed by atoms with Crippen LogP contribution >= 0.6 is 0 Å². The predicted octanol–water partition coefficient (Wildman–Crippen LogP) is 3.19. The smallest absolute Gasteiger partial charge is 0.438 e. The molecule has 0 aliphatic rings. The molecule has 4 heterocycles. The van der Waals surface area contributed by atoms with Crippen molar-refractivity contribution >= 4 is 5.95 Å². The van der Waals surface area contributed by atoms with Crippen LogP contribution in [0.1, 0.15) is 33.8 Å². The summed E-state index contributed by atoms with van der Waals surface area (Å²) < 4.78 is 18.0. The molecule has 0 aromatic carbocycles. The molecule has 0 unspecified atom stereocenters. The molecular formula is C21H14N8Pd. The third kappa shape index (κ3) is 3.65. The summed E-state index contributed by atoms with van der Waals surface area (Å²) in [5.41, 5.74) is 0.704. The number of hydrogen-bond donors (Lipinski definition) is 0. The Labute approximate surface area is 190 Å². The van der Waals surface area contributed by atoms with Crippen LogP contribution < -0.4 is 0 Å². The van der Waals surface area contributed by atoms with Gasteiger partial charge in [0.1, 0.15) is 5.82 Å². The Morgan fingerprint density at radius 3 is 2.20 bits per heavy atom. The van der Waals surface area contributed by atoms with Gasteiger partial charge < -0.3 is 19.0 Å². The molecule has 8 nitrogen and oxygen atoms in total. The molecule has 0 aliphatic heterocycles. The second kappa shape index (κ2) is 8.39. The third-order valence-electron chi connectivity index (χ3n) is 4.46. The average molecular weight is 487 g/mol. The Bertz CT molecular complexity index is 1270. The number of pyridine rings is 2. The fourth-order valence-electron chi connectivity index (χ4n) is 2.85.